The SMILES string of the molecule is CCN(C)CCN1C(=O)C(OC)C(c2ccc(OC)cc2)Sc2cc(Cl)ccc21. The lowest BCUT2D eigenvalue weighted by Crippen LogP contribution is -2.44. The van der Waals surface area contributed by atoms with E-state index >= 15 is 0 Å². The first kappa shape index (κ1) is 22.0. The molecule has 5 nitrogen and oxygen atoms in total. The lowest BCUT2D eigenvalue weighted by atomic mass is 10.1. The van der Waals surface area contributed by atoms with Crippen LogP contribution in [0.2, 0.25) is 5.02 Å². The highest BCUT2D eigenvalue weighted by atomic mass is 35.5. The second-order valence-corrected chi connectivity index (χ2v) is 8.59. The Bertz CT molecular complexity index is 846. The fourth-order valence-electron chi connectivity index (χ4n) is 3.33. The monoisotopic (exact) mass is 434 g/mol. The molecule has 7 heteroatoms. The molecule has 0 saturated heterocycles. The van der Waals surface area contributed by atoms with Crippen LogP contribution in [0.15, 0.2) is 47.4 Å². The first-order valence-corrected chi connectivity index (χ1v) is 10.9. The summed E-state index contributed by atoms with van der Waals surface area (Å²) >= 11 is 7.91. The van der Waals surface area contributed by atoms with Gasteiger partial charge in [-0.3, -0.25) is 4.79 Å². The molecule has 29 heavy (non-hydrogen) atoms. The quantitative estimate of drug-likeness (QED) is 0.642. The highest BCUT2D eigenvalue weighted by Gasteiger charge is 2.38. The molecule has 1 amide bonds. The number of nitrogens with zero attached hydrogens (tertiary/aromatic N) is 2. The molecule has 0 spiro atoms. The number of thioether (sulfide) groups is 1. The summed E-state index contributed by atoms with van der Waals surface area (Å²) in [4.78, 5) is 18.5. The van der Waals surface area contributed by atoms with Gasteiger partial charge in [0.1, 0.15) is 5.75 Å². The first-order valence-electron chi connectivity index (χ1n) is 9.61. The van der Waals surface area contributed by atoms with E-state index in [0.717, 1.165) is 35.0 Å². The van der Waals surface area contributed by atoms with E-state index in [0.29, 0.717) is 11.6 Å². The Hall–Kier alpha value is -1.73. The Morgan fingerprint density at radius 3 is 2.52 bits per heavy atom. The third kappa shape index (κ3) is 4.89. The van der Waals surface area contributed by atoms with Crippen LogP contribution in [-0.2, 0) is 9.53 Å². The molecular weight excluding hydrogens is 408 g/mol. The lowest BCUT2D eigenvalue weighted by molar-refractivity contribution is -0.128. The van der Waals surface area contributed by atoms with E-state index in [1.54, 1.807) is 26.0 Å². The number of hydrogen-bond acceptors (Lipinski definition) is 5. The Balaban J connectivity index is 2.02. The highest BCUT2D eigenvalue weighted by Crippen LogP contribution is 2.47. The summed E-state index contributed by atoms with van der Waals surface area (Å²) in [5, 5.41) is 0.461. The van der Waals surface area contributed by atoms with Crippen molar-refractivity contribution in [2.45, 2.75) is 23.2 Å². The fraction of sp³-hybridized carbons (Fsp3) is 0.409. The Morgan fingerprint density at radius 1 is 1.17 bits per heavy atom. The predicted octanol–water partition coefficient (Wildman–Crippen LogP) is 4.50. The number of carbonyl (C=O) groups is 1. The molecule has 0 aromatic heterocycles. The van der Waals surface area contributed by atoms with Gasteiger partial charge in [-0.2, -0.15) is 0 Å². The zero-order chi connectivity index (χ0) is 21.0. The molecular formula is C22H27ClN2O3S. The van der Waals surface area contributed by atoms with E-state index in [1.807, 2.05) is 54.4 Å². The number of carbonyl (C=O) groups excluding carboxylic acids is 1. The number of hydrogen-bond donors (Lipinski definition) is 0. The molecule has 1 heterocycles. The summed E-state index contributed by atoms with van der Waals surface area (Å²) in [5.74, 6) is 0.742. The molecule has 0 radical (unpaired) electrons. The average Bonchev–Trinajstić information content (AvgIpc) is 2.85. The van der Waals surface area contributed by atoms with E-state index < -0.39 is 6.10 Å². The molecule has 0 aliphatic carbocycles. The second-order valence-electron chi connectivity index (χ2n) is 6.97. The molecule has 0 fully saturated rings. The minimum atomic E-state index is -0.605. The van der Waals surface area contributed by atoms with Crippen molar-refractivity contribution in [2.24, 2.45) is 0 Å². The van der Waals surface area contributed by atoms with Crippen LogP contribution < -0.4 is 9.64 Å². The molecule has 156 valence electrons. The number of anilines is 1. The summed E-state index contributed by atoms with van der Waals surface area (Å²) in [7, 11) is 5.28. The Morgan fingerprint density at radius 2 is 1.90 bits per heavy atom. The van der Waals surface area contributed by atoms with Crippen LogP contribution in [0.5, 0.6) is 5.75 Å². The van der Waals surface area contributed by atoms with E-state index in [4.69, 9.17) is 21.1 Å². The fourth-order valence-corrected chi connectivity index (χ4v) is 4.97. The third-order valence-corrected chi connectivity index (χ3v) is 6.78. The topological polar surface area (TPSA) is 42.0 Å². The van der Waals surface area contributed by atoms with Crippen molar-refractivity contribution >= 4 is 35.0 Å². The van der Waals surface area contributed by atoms with Crippen molar-refractivity contribution in [3.05, 3.63) is 53.1 Å². The van der Waals surface area contributed by atoms with Gasteiger partial charge in [-0.1, -0.05) is 30.7 Å². The number of amides is 1. The molecule has 1 aliphatic rings. The molecule has 2 unspecified atom stereocenters. The smallest absolute Gasteiger partial charge is 0.257 e. The molecule has 1 aliphatic heterocycles. The molecule has 0 saturated carbocycles. The van der Waals surface area contributed by atoms with Crippen LogP contribution in [0.3, 0.4) is 0 Å². The largest absolute Gasteiger partial charge is 0.497 e. The summed E-state index contributed by atoms with van der Waals surface area (Å²) in [6.45, 7) is 4.39. The van der Waals surface area contributed by atoms with Gasteiger partial charge in [-0.05, 0) is 49.5 Å². The number of rotatable bonds is 7. The van der Waals surface area contributed by atoms with Crippen LogP contribution in [0.25, 0.3) is 0 Å². The van der Waals surface area contributed by atoms with Crippen molar-refractivity contribution < 1.29 is 14.3 Å². The van der Waals surface area contributed by atoms with Gasteiger partial charge in [0.2, 0.25) is 0 Å². The summed E-state index contributed by atoms with van der Waals surface area (Å²) < 4.78 is 11.0. The summed E-state index contributed by atoms with van der Waals surface area (Å²) in [5.41, 5.74) is 1.89. The molecule has 2 aromatic rings. The predicted molar refractivity (Wildman–Crippen MR) is 119 cm³/mol. The molecule has 2 aromatic carbocycles. The number of likely N-dealkylation sites (N-methyl/N-ethyl adjacent to an activating group) is 1. The van der Waals surface area contributed by atoms with E-state index in [2.05, 4.69) is 11.8 Å². The van der Waals surface area contributed by atoms with Gasteiger partial charge in [0, 0.05) is 30.1 Å². The van der Waals surface area contributed by atoms with E-state index in [-0.39, 0.29) is 11.2 Å². The van der Waals surface area contributed by atoms with Gasteiger partial charge in [0.05, 0.1) is 18.0 Å². The lowest BCUT2D eigenvalue weighted by Gasteiger charge is -2.28. The van der Waals surface area contributed by atoms with Crippen molar-refractivity contribution in [1.82, 2.24) is 4.90 Å². The third-order valence-electron chi connectivity index (χ3n) is 5.19. The maximum Gasteiger partial charge on any atom is 0.257 e. The zero-order valence-electron chi connectivity index (χ0n) is 17.2. The van der Waals surface area contributed by atoms with E-state index in [9.17, 15) is 4.79 Å². The molecule has 2 atom stereocenters. The van der Waals surface area contributed by atoms with Gasteiger partial charge >= 0.3 is 0 Å². The highest BCUT2D eigenvalue weighted by molar-refractivity contribution is 7.99. The van der Waals surface area contributed by atoms with Crippen molar-refractivity contribution in [1.29, 1.82) is 0 Å². The van der Waals surface area contributed by atoms with Gasteiger partial charge < -0.3 is 19.3 Å². The Labute approximate surface area is 181 Å². The van der Waals surface area contributed by atoms with Crippen molar-refractivity contribution in [2.75, 3.05) is 45.8 Å². The minimum absolute atomic E-state index is 0.0357. The van der Waals surface area contributed by atoms with E-state index in [1.165, 1.54) is 0 Å². The average molecular weight is 435 g/mol. The van der Waals surface area contributed by atoms with Gasteiger partial charge in [-0.25, -0.2) is 0 Å². The Kier molecular flexibility index (Phi) is 7.46. The zero-order valence-corrected chi connectivity index (χ0v) is 18.8. The molecule has 3 rings (SSSR count). The van der Waals surface area contributed by atoms with Crippen LogP contribution in [-0.4, -0.2) is 57.8 Å². The van der Waals surface area contributed by atoms with Crippen molar-refractivity contribution in [3.63, 3.8) is 0 Å². The summed E-state index contributed by atoms with van der Waals surface area (Å²) in [6.07, 6.45) is -0.605. The second kappa shape index (κ2) is 9.85. The number of halogens is 1. The van der Waals surface area contributed by atoms with Gasteiger partial charge in [0.15, 0.2) is 6.10 Å². The normalized spacial score (nSPS) is 19.2. The molecule has 0 N–H and O–H groups in total. The number of ether oxygens (including phenoxy) is 2. The van der Waals surface area contributed by atoms with Crippen molar-refractivity contribution in [3.8, 4) is 5.75 Å². The van der Waals surface area contributed by atoms with Crippen LogP contribution in [0, 0.1) is 0 Å². The number of fused-ring (bicyclic) bond motifs is 1. The van der Waals surface area contributed by atoms with Gasteiger partial charge in [0.25, 0.3) is 5.91 Å². The first-order chi connectivity index (χ1) is 14.0. The number of methoxy groups -OCH3 is 2. The summed E-state index contributed by atoms with van der Waals surface area (Å²) in [6, 6.07) is 13.5. The maximum atomic E-state index is 13.5. The maximum absolute atomic E-state index is 13.5. The minimum Gasteiger partial charge on any atom is -0.497 e. The van der Waals surface area contributed by atoms with Crippen LogP contribution in [0.1, 0.15) is 17.7 Å². The van der Waals surface area contributed by atoms with Crippen LogP contribution >= 0.6 is 23.4 Å². The van der Waals surface area contributed by atoms with Gasteiger partial charge in [-0.15, -0.1) is 11.8 Å². The van der Waals surface area contributed by atoms with Crippen LogP contribution in [0.4, 0.5) is 5.69 Å². The molecule has 0 bridgehead atoms. The number of benzene rings is 2. The standard InChI is InChI=1S/C22H27ClN2O3S/c1-5-24(2)12-13-25-18-11-8-16(23)14-19(18)29-21(20(28-4)22(25)26)15-6-9-17(27-3)10-7-15/h6-11,14,20-21H,5,12-13H2,1-4H3.